The largest absolute Gasteiger partial charge is 0.458 e. The van der Waals surface area contributed by atoms with E-state index >= 15 is 0 Å². The maximum absolute atomic E-state index is 14.0. The Bertz CT molecular complexity index is 838. The lowest BCUT2D eigenvalue weighted by Crippen LogP contribution is -2.37. The maximum Gasteiger partial charge on any atom is 0.458 e. The minimum atomic E-state index is -5.92. The Kier molecular flexibility index (Phi) is 5.14. The van der Waals surface area contributed by atoms with E-state index < -0.39 is 52.1 Å². The molecule has 0 saturated carbocycles. The summed E-state index contributed by atoms with van der Waals surface area (Å²) in [6.07, 6.45) is -10.1. The Labute approximate surface area is 148 Å². The highest BCUT2D eigenvalue weighted by Gasteiger charge is 2.59. The van der Waals surface area contributed by atoms with Crippen LogP contribution in [0.3, 0.4) is 0 Å². The van der Waals surface area contributed by atoms with Crippen molar-refractivity contribution in [2.24, 2.45) is 0 Å². The summed E-state index contributed by atoms with van der Waals surface area (Å²) in [5.74, 6) is -7.14. The first-order valence-electron chi connectivity index (χ1n) is 7.35. The number of alkyl halides is 7. The molecular weight excluding hydrogens is 385 g/mol. The van der Waals surface area contributed by atoms with Gasteiger partial charge in [-0.2, -0.15) is 36.0 Å². The van der Waals surface area contributed by atoms with Gasteiger partial charge in [0.25, 0.3) is 5.91 Å². The third-order valence-corrected chi connectivity index (χ3v) is 3.77. The van der Waals surface area contributed by atoms with E-state index in [-0.39, 0.29) is 13.0 Å². The predicted molar refractivity (Wildman–Crippen MR) is 77.8 cm³/mol. The first kappa shape index (κ1) is 20.5. The van der Waals surface area contributed by atoms with Gasteiger partial charge in [0.15, 0.2) is 0 Å². The highest BCUT2D eigenvalue weighted by atomic mass is 19.4. The number of ether oxygens (including phenoxy) is 1. The van der Waals surface area contributed by atoms with E-state index in [2.05, 4.69) is 10.1 Å². The van der Waals surface area contributed by atoms with Crippen LogP contribution in [-0.2, 0) is 10.7 Å². The number of fused-ring (bicyclic) bond motifs is 1. The van der Waals surface area contributed by atoms with E-state index in [1.54, 1.807) is 6.07 Å². The molecule has 0 saturated heterocycles. The molecule has 0 aliphatic carbocycles. The molecule has 0 spiro atoms. The van der Waals surface area contributed by atoms with Crippen LogP contribution < -0.4 is 10.1 Å². The number of carbonyl (C=O) groups is 1. The summed E-state index contributed by atoms with van der Waals surface area (Å²) >= 11 is 0. The molecular formula is C16H11F7N2O2. The molecule has 1 aliphatic heterocycles. The van der Waals surface area contributed by atoms with Crippen LogP contribution in [0.15, 0.2) is 23.8 Å². The number of halogens is 7. The molecule has 4 nitrogen and oxygen atoms in total. The summed E-state index contributed by atoms with van der Waals surface area (Å²) in [6.45, 7) is 0.559. The number of amides is 1. The van der Waals surface area contributed by atoms with Crippen LogP contribution in [0, 0.1) is 11.3 Å². The van der Waals surface area contributed by atoms with Crippen LogP contribution in [0.2, 0.25) is 0 Å². The van der Waals surface area contributed by atoms with Gasteiger partial charge in [-0.3, -0.25) is 4.79 Å². The van der Waals surface area contributed by atoms with Crippen LogP contribution in [0.5, 0.6) is 5.75 Å². The van der Waals surface area contributed by atoms with Crippen molar-refractivity contribution in [1.29, 1.82) is 5.26 Å². The molecule has 146 valence electrons. The molecule has 0 radical (unpaired) electrons. The molecule has 11 heteroatoms. The standard InChI is InChI=1S/C16H11F7N2O2/c1-8-12(13(26)25-6-2-5-24)10-7-9(14(17,18)16(21,22)23)3-4-11(10)27-15(8,19)20/h3-4,7H,2,6H2,1H3,(H,25,26). The number of nitriles is 1. The van der Waals surface area contributed by atoms with Gasteiger partial charge in [0, 0.05) is 17.7 Å². The van der Waals surface area contributed by atoms with Gasteiger partial charge in [-0.05, 0) is 25.1 Å². The number of rotatable bonds is 4. The zero-order valence-corrected chi connectivity index (χ0v) is 13.6. The average Bonchev–Trinajstić information content (AvgIpc) is 2.54. The zero-order chi connectivity index (χ0) is 20.6. The van der Waals surface area contributed by atoms with Crippen LogP contribution in [0.25, 0.3) is 5.57 Å². The van der Waals surface area contributed by atoms with E-state index in [1.165, 1.54) is 0 Å². The number of hydrogen-bond donors (Lipinski definition) is 1. The minimum Gasteiger partial charge on any atom is -0.428 e. The number of benzene rings is 1. The van der Waals surface area contributed by atoms with Gasteiger partial charge in [-0.15, -0.1) is 0 Å². The van der Waals surface area contributed by atoms with Crippen LogP contribution in [0.1, 0.15) is 24.5 Å². The van der Waals surface area contributed by atoms with Crippen molar-refractivity contribution in [2.45, 2.75) is 31.6 Å². The fourth-order valence-corrected chi connectivity index (χ4v) is 2.35. The van der Waals surface area contributed by atoms with Crippen molar-refractivity contribution in [3.8, 4) is 11.8 Å². The molecule has 0 unspecified atom stereocenters. The Morgan fingerprint density at radius 3 is 2.44 bits per heavy atom. The topological polar surface area (TPSA) is 62.1 Å². The summed E-state index contributed by atoms with van der Waals surface area (Å²) in [6, 6.07) is 2.80. The van der Waals surface area contributed by atoms with E-state index in [0.717, 1.165) is 6.92 Å². The SMILES string of the molecule is CC1=C(C(=O)NCCC#N)c2cc(C(F)(F)C(F)(F)F)ccc2OC1(F)F. The average molecular weight is 396 g/mol. The molecule has 2 rings (SSSR count). The molecule has 27 heavy (non-hydrogen) atoms. The zero-order valence-electron chi connectivity index (χ0n) is 13.6. The molecule has 1 N–H and O–H groups in total. The molecule has 1 aromatic carbocycles. The molecule has 1 amide bonds. The first-order valence-corrected chi connectivity index (χ1v) is 7.35. The minimum absolute atomic E-state index is 0.163. The number of carbonyl (C=O) groups excluding carboxylic acids is 1. The molecule has 0 bridgehead atoms. The van der Waals surface area contributed by atoms with Crippen molar-refractivity contribution in [1.82, 2.24) is 5.32 Å². The molecule has 1 heterocycles. The lowest BCUT2D eigenvalue weighted by molar-refractivity contribution is -0.289. The summed E-state index contributed by atoms with van der Waals surface area (Å²) < 4.78 is 97.2. The van der Waals surface area contributed by atoms with Gasteiger partial charge in [-0.25, -0.2) is 0 Å². The highest BCUT2D eigenvalue weighted by Crippen LogP contribution is 2.48. The second-order valence-corrected chi connectivity index (χ2v) is 5.57. The summed E-state index contributed by atoms with van der Waals surface area (Å²) in [5, 5.41) is 10.6. The normalized spacial score (nSPS) is 16.3. The van der Waals surface area contributed by atoms with Crippen LogP contribution in [-0.4, -0.2) is 24.7 Å². The van der Waals surface area contributed by atoms with E-state index in [1.807, 2.05) is 0 Å². The van der Waals surface area contributed by atoms with E-state index in [4.69, 9.17) is 5.26 Å². The van der Waals surface area contributed by atoms with Gasteiger partial charge in [0.05, 0.1) is 23.6 Å². The van der Waals surface area contributed by atoms with Crippen molar-refractivity contribution >= 4 is 11.5 Å². The second kappa shape index (κ2) is 6.75. The van der Waals surface area contributed by atoms with Gasteiger partial charge < -0.3 is 10.1 Å². The first-order chi connectivity index (χ1) is 12.3. The molecule has 0 aromatic heterocycles. The highest BCUT2D eigenvalue weighted by molar-refractivity contribution is 6.21. The van der Waals surface area contributed by atoms with Crippen molar-refractivity contribution in [3.63, 3.8) is 0 Å². The lowest BCUT2D eigenvalue weighted by Gasteiger charge is -2.29. The Hall–Kier alpha value is -2.77. The fraction of sp³-hybridized carbons (Fsp3) is 0.375. The Morgan fingerprint density at radius 2 is 1.89 bits per heavy atom. The van der Waals surface area contributed by atoms with Crippen molar-refractivity contribution in [3.05, 3.63) is 34.9 Å². The van der Waals surface area contributed by atoms with E-state index in [0.29, 0.717) is 18.2 Å². The third kappa shape index (κ3) is 3.70. The molecule has 0 atom stereocenters. The molecule has 1 aromatic rings. The summed E-state index contributed by atoms with van der Waals surface area (Å²) in [5.41, 5.74) is -3.91. The monoisotopic (exact) mass is 396 g/mol. The van der Waals surface area contributed by atoms with Crippen LogP contribution >= 0.6 is 0 Å². The van der Waals surface area contributed by atoms with Gasteiger partial charge >= 0.3 is 18.2 Å². The Morgan fingerprint density at radius 1 is 1.26 bits per heavy atom. The molecule has 0 fully saturated rings. The lowest BCUT2D eigenvalue weighted by atomic mass is 9.92. The number of nitrogens with zero attached hydrogens (tertiary/aromatic N) is 1. The smallest absolute Gasteiger partial charge is 0.428 e. The summed E-state index contributed by atoms with van der Waals surface area (Å²) in [7, 11) is 0. The van der Waals surface area contributed by atoms with Crippen molar-refractivity contribution < 1.29 is 40.3 Å². The van der Waals surface area contributed by atoms with Crippen LogP contribution in [0.4, 0.5) is 30.7 Å². The Balaban J connectivity index is 2.59. The van der Waals surface area contributed by atoms with Gasteiger partial charge in [0.1, 0.15) is 5.75 Å². The quantitative estimate of drug-likeness (QED) is 0.615. The summed E-state index contributed by atoms with van der Waals surface area (Å²) in [4.78, 5) is 12.2. The van der Waals surface area contributed by atoms with Gasteiger partial charge in [0.2, 0.25) is 0 Å². The third-order valence-electron chi connectivity index (χ3n) is 3.77. The second-order valence-electron chi connectivity index (χ2n) is 5.57. The number of nitrogens with one attached hydrogen (secondary N) is 1. The van der Waals surface area contributed by atoms with Gasteiger partial charge in [-0.1, -0.05) is 0 Å². The van der Waals surface area contributed by atoms with E-state index in [9.17, 15) is 35.5 Å². The maximum atomic E-state index is 14.0. The van der Waals surface area contributed by atoms with Crippen molar-refractivity contribution in [2.75, 3.05) is 6.54 Å². The predicted octanol–water partition coefficient (Wildman–Crippen LogP) is 4.13. The fourth-order valence-electron chi connectivity index (χ4n) is 2.35. The molecule has 1 aliphatic rings. The number of hydrogen-bond acceptors (Lipinski definition) is 3.